The molecule has 0 aliphatic heterocycles. The average molecular weight is 306 g/mol. The van der Waals surface area contributed by atoms with Gasteiger partial charge in [0.05, 0.1) is 7.11 Å². The highest BCUT2D eigenvalue weighted by Gasteiger charge is 2.14. The third-order valence-electron chi connectivity index (χ3n) is 2.91. The molecule has 0 amide bonds. The van der Waals surface area contributed by atoms with Gasteiger partial charge >= 0.3 is 5.97 Å². The van der Waals surface area contributed by atoms with Crippen LogP contribution in [0.1, 0.15) is 5.56 Å². The molecule has 0 radical (unpaired) electrons. The molecule has 2 aromatic rings. The molecular weight excluding hydrogens is 290 g/mol. The van der Waals surface area contributed by atoms with Crippen LogP contribution in [0.2, 0.25) is 5.02 Å². The smallest absolute Gasteiger partial charge is 0.322 e. The molecule has 110 valence electrons. The Labute approximate surface area is 128 Å². The van der Waals surface area contributed by atoms with Crippen molar-refractivity contribution in [3.8, 4) is 11.5 Å². The maximum absolute atomic E-state index is 11.3. The Morgan fingerprint density at radius 2 is 1.90 bits per heavy atom. The van der Waals surface area contributed by atoms with Gasteiger partial charge < -0.3 is 15.2 Å². The van der Waals surface area contributed by atoms with Crippen LogP contribution in [0, 0.1) is 0 Å². The predicted octanol–water partition coefficient (Wildman–Crippen LogP) is 3.18. The number of ether oxygens (including phenoxy) is 2. The molecule has 0 aromatic heterocycles. The molecule has 0 unspecified atom stereocenters. The Balaban J connectivity index is 2.00. The molecule has 0 saturated carbocycles. The fraction of sp³-hybridized carbons (Fsp3) is 0.188. The topological polar surface area (TPSA) is 61.5 Å². The first-order valence-corrected chi connectivity index (χ1v) is 6.82. The van der Waals surface area contributed by atoms with Crippen molar-refractivity contribution in [3.05, 3.63) is 59.1 Å². The molecular formula is C16H16ClNO3. The quantitative estimate of drug-likeness (QED) is 0.862. The summed E-state index contributed by atoms with van der Waals surface area (Å²) in [5, 5.41) is 0.619. The summed E-state index contributed by atoms with van der Waals surface area (Å²) < 4.78 is 10.3. The summed E-state index contributed by atoms with van der Waals surface area (Å²) >= 11 is 5.90. The number of halogens is 1. The van der Waals surface area contributed by atoms with Gasteiger partial charge in [0.15, 0.2) is 0 Å². The van der Waals surface area contributed by atoms with Crippen LogP contribution < -0.4 is 10.5 Å². The van der Waals surface area contributed by atoms with Gasteiger partial charge in [-0.3, -0.25) is 4.79 Å². The maximum atomic E-state index is 11.3. The third kappa shape index (κ3) is 4.48. The lowest BCUT2D eigenvalue weighted by Gasteiger charge is -2.10. The molecule has 2 N–H and O–H groups in total. The van der Waals surface area contributed by atoms with E-state index in [4.69, 9.17) is 22.1 Å². The van der Waals surface area contributed by atoms with Gasteiger partial charge in [0, 0.05) is 5.02 Å². The van der Waals surface area contributed by atoms with E-state index in [0.29, 0.717) is 22.9 Å². The van der Waals surface area contributed by atoms with Crippen LogP contribution in [0.4, 0.5) is 0 Å². The van der Waals surface area contributed by atoms with Crippen LogP contribution in [0.15, 0.2) is 48.5 Å². The van der Waals surface area contributed by atoms with Crippen molar-refractivity contribution in [2.75, 3.05) is 7.11 Å². The molecule has 0 aliphatic carbocycles. The summed E-state index contributed by atoms with van der Waals surface area (Å²) in [6.07, 6.45) is 0.421. The highest BCUT2D eigenvalue weighted by molar-refractivity contribution is 6.30. The van der Waals surface area contributed by atoms with Crippen molar-refractivity contribution < 1.29 is 14.3 Å². The van der Waals surface area contributed by atoms with E-state index in [-0.39, 0.29) is 0 Å². The second-order valence-electron chi connectivity index (χ2n) is 4.54. The molecule has 1 atom stereocenters. The molecule has 0 saturated heterocycles. The van der Waals surface area contributed by atoms with E-state index in [1.54, 1.807) is 12.1 Å². The number of hydrogen-bond donors (Lipinski definition) is 1. The van der Waals surface area contributed by atoms with Gasteiger partial charge in [0.25, 0.3) is 0 Å². The fourth-order valence-electron chi connectivity index (χ4n) is 1.85. The standard InChI is InChI=1S/C16H16ClNO3/c1-20-16(19)15(18)9-11-5-7-13(8-6-11)21-14-4-2-3-12(17)10-14/h2-8,10,15H,9,18H2,1H3/t15-/m1/s1. The Morgan fingerprint density at radius 3 is 2.52 bits per heavy atom. The molecule has 2 rings (SSSR count). The largest absolute Gasteiger partial charge is 0.468 e. The van der Waals surface area contributed by atoms with Crippen molar-refractivity contribution in [1.29, 1.82) is 0 Å². The summed E-state index contributed by atoms with van der Waals surface area (Å²) in [7, 11) is 1.32. The average Bonchev–Trinajstić information content (AvgIpc) is 2.48. The monoisotopic (exact) mass is 305 g/mol. The molecule has 5 heteroatoms. The van der Waals surface area contributed by atoms with Crippen molar-refractivity contribution in [3.63, 3.8) is 0 Å². The van der Waals surface area contributed by atoms with E-state index in [9.17, 15) is 4.79 Å². The van der Waals surface area contributed by atoms with Gasteiger partial charge in [-0.15, -0.1) is 0 Å². The number of methoxy groups -OCH3 is 1. The van der Waals surface area contributed by atoms with Crippen LogP contribution in [-0.2, 0) is 16.0 Å². The molecule has 0 fully saturated rings. The molecule has 0 aliphatic rings. The number of nitrogens with two attached hydrogens (primary N) is 1. The highest BCUT2D eigenvalue weighted by atomic mass is 35.5. The van der Waals surface area contributed by atoms with Crippen molar-refractivity contribution in [1.82, 2.24) is 0 Å². The maximum Gasteiger partial charge on any atom is 0.322 e. The number of benzene rings is 2. The van der Waals surface area contributed by atoms with Gasteiger partial charge in [-0.05, 0) is 42.3 Å². The molecule has 0 spiro atoms. The van der Waals surface area contributed by atoms with Crippen LogP contribution in [0.5, 0.6) is 11.5 Å². The zero-order chi connectivity index (χ0) is 15.2. The number of hydrogen-bond acceptors (Lipinski definition) is 4. The van der Waals surface area contributed by atoms with Gasteiger partial charge in [-0.25, -0.2) is 0 Å². The second-order valence-corrected chi connectivity index (χ2v) is 4.97. The third-order valence-corrected chi connectivity index (χ3v) is 3.15. The fourth-order valence-corrected chi connectivity index (χ4v) is 2.03. The molecule has 4 nitrogen and oxygen atoms in total. The predicted molar refractivity (Wildman–Crippen MR) is 81.7 cm³/mol. The van der Waals surface area contributed by atoms with Crippen LogP contribution in [0.25, 0.3) is 0 Å². The zero-order valence-electron chi connectivity index (χ0n) is 11.6. The summed E-state index contributed by atoms with van der Waals surface area (Å²) in [6.45, 7) is 0. The normalized spacial score (nSPS) is 11.8. The minimum absolute atomic E-state index is 0.421. The van der Waals surface area contributed by atoms with Crippen molar-refractivity contribution in [2.24, 2.45) is 5.73 Å². The number of esters is 1. The Bertz CT molecular complexity index is 613. The summed E-state index contributed by atoms with van der Waals surface area (Å²) in [6, 6.07) is 13.9. The highest BCUT2D eigenvalue weighted by Crippen LogP contribution is 2.24. The van der Waals surface area contributed by atoms with E-state index >= 15 is 0 Å². The summed E-state index contributed by atoms with van der Waals surface area (Å²) in [4.78, 5) is 11.3. The van der Waals surface area contributed by atoms with Crippen LogP contribution in [-0.4, -0.2) is 19.1 Å². The lowest BCUT2D eigenvalue weighted by Crippen LogP contribution is -2.33. The van der Waals surface area contributed by atoms with E-state index in [1.165, 1.54) is 7.11 Å². The van der Waals surface area contributed by atoms with Gasteiger partial charge in [0.2, 0.25) is 0 Å². The molecule has 21 heavy (non-hydrogen) atoms. The minimum atomic E-state index is -0.658. The Kier molecular flexibility index (Phi) is 5.20. The summed E-state index contributed by atoms with van der Waals surface area (Å²) in [5.74, 6) is 0.934. The first kappa shape index (κ1) is 15.4. The van der Waals surface area contributed by atoms with E-state index in [2.05, 4.69) is 4.74 Å². The first-order chi connectivity index (χ1) is 10.1. The summed E-state index contributed by atoms with van der Waals surface area (Å²) in [5.41, 5.74) is 6.65. The van der Waals surface area contributed by atoms with Gasteiger partial charge in [-0.2, -0.15) is 0 Å². The Morgan fingerprint density at radius 1 is 1.19 bits per heavy atom. The number of carbonyl (C=O) groups excluding carboxylic acids is 1. The van der Waals surface area contributed by atoms with Crippen LogP contribution >= 0.6 is 11.6 Å². The molecule has 2 aromatic carbocycles. The first-order valence-electron chi connectivity index (χ1n) is 6.44. The zero-order valence-corrected chi connectivity index (χ0v) is 12.3. The second kappa shape index (κ2) is 7.11. The number of rotatable bonds is 5. The lowest BCUT2D eigenvalue weighted by atomic mass is 10.1. The Hall–Kier alpha value is -2.04. The number of carbonyl (C=O) groups is 1. The van der Waals surface area contributed by atoms with Gasteiger partial charge in [-0.1, -0.05) is 29.8 Å². The lowest BCUT2D eigenvalue weighted by molar-refractivity contribution is -0.142. The SMILES string of the molecule is COC(=O)[C@H](N)Cc1ccc(Oc2cccc(Cl)c2)cc1. The van der Waals surface area contributed by atoms with Crippen molar-refractivity contribution in [2.45, 2.75) is 12.5 Å². The van der Waals surface area contributed by atoms with E-state index in [0.717, 1.165) is 5.56 Å². The van der Waals surface area contributed by atoms with Gasteiger partial charge in [0.1, 0.15) is 17.5 Å². The van der Waals surface area contributed by atoms with E-state index < -0.39 is 12.0 Å². The van der Waals surface area contributed by atoms with Crippen LogP contribution in [0.3, 0.4) is 0 Å². The minimum Gasteiger partial charge on any atom is -0.468 e. The molecule has 0 heterocycles. The molecule has 0 bridgehead atoms. The van der Waals surface area contributed by atoms with Crippen molar-refractivity contribution >= 4 is 17.6 Å². The van der Waals surface area contributed by atoms with E-state index in [1.807, 2.05) is 36.4 Å².